The summed E-state index contributed by atoms with van der Waals surface area (Å²) in [6, 6.07) is 0. The maximum atomic E-state index is 8.38. The van der Waals surface area contributed by atoms with Gasteiger partial charge in [-0.25, -0.2) is 15.5 Å². The summed E-state index contributed by atoms with van der Waals surface area (Å²) >= 11 is 0. The largest absolute Gasteiger partial charge is 0.443 e. The van der Waals surface area contributed by atoms with Gasteiger partial charge in [-0.15, -0.1) is 0 Å². The van der Waals surface area contributed by atoms with Crippen LogP contribution < -0.4 is 11.2 Å². The molecule has 1 heterocycles. The molecule has 0 spiro atoms. The zero-order chi connectivity index (χ0) is 10.6. The van der Waals surface area contributed by atoms with Crippen LogP contribution in [0.4, 0.5) is 0 Å². The Morgan fingerprint density at radius 1 is 1.71 bits per heavy atom. The molecule has 0 saturated heterocycles. The number of aryl methyl sites for hydroxylation is 2. The number of hydrogen-bond donors (Lipinski definition) is 3. The molecule has 0 atom stereocenters. The van der Waals surface area contributed by atoms with Crippen molar-refractivity contribution >= 4 is 5.96 Å². The topological polar surface area (TPSA) is 96.7 Å². The molecule has 0 fully saturated rings. The van der Waals surface area contributed by atoms with Crippen molar-refractivity contribution in [2.75, 3.05) is 0 Å². The van der Waals surface area contributed by atoms with E-state index in [1.54, 1.807) is 5.48 Å². The molecule has 0 aliphatic heterocycles. The van der Waals surface area contributed by atoms with Gasteiger partial charge in [0.25, 0.3) is 0 Å². The first-order valence-corrected chi connectivity index (χ1v) is 4.32. The van der Waals surface area contributed by atoms with E-state index in [-0.39, 0.29) is 12.5 Å². The molecular formula is C8H14N4O2. The third-order valence-corrected chi connectivity index (χ3v) is 1.75. The summed E-state index contributed by atoms with van der Waals surface area (Å²) < 4.78 is 5.38. The number of nitrogens with two attached hydrogens (primary N) is 1. The lowest BCUT2D eigenvalue weighted by Crippen LogP contribution is -2.28. The van der Waals surface area contributed by atoms with Crippen molar-refractivity contribution in [1.29, 1.82) is 0 Å². The van der Waals surface area contributed by atoms with Gasteiger partial charge in [0.15, 0.2) is 5.89 Å². The standard InChI is InChI=1S/C8H14N4O2/c1-3-7-11-5(2)6(14-7)4-10-8(9)12-13/h13H,3-4H2,1-2H3,(H3,9,10,12). The maximum Gasteiger partial charge on any atom is 0.213 e. The van der Waals surface area contributed by atoms with E-state index in [2.05, 4.69) is 9.98 Å². The molecular weight excluding hydrogens is 184 g/mol. The van der Waals surface area contributed by atoms with Gasteiger partial charge in [-0.1, -0.05) is 6.92 Å². The molecule has 6 nitrogen and oxygen atoms in total. The minimum absolute atomic E-state index is 0.0427. The molecule has 1 aromatic heterocycles. The third-order valence-electron chi connectivity index (χ3n) is 1.75. The Labute approximate surface area is 81.8 Å². The summed E-state index contributed by atoms with van der Waals surface area (Å²) in [7, 11) is 0. The van der Waals surface area contributed by atoms with E-state index in [0.717, 1.165) is 12.1 Å². The summed E-state index contributed by atoms with van der Waals surface area (Å²) in [4.78, 5) is 7.99. The average Bonchev–Trinajstić information content (AvgIpc) is 2.55. The summed E-state index contributed by atoms with van der Waals surface area (Å²) in [6.45, 7) is 4.08. The van der Waals surface area contributed by atoms with Crippen LogP contribution in [0.3, 0.4) is 0 Å². The Bertz CT molecular complexity index is 332. The molecule has 0 aliphatic carbocycles. The molecule has 14 heavy (non-hydrogen) atoms. The highest BCUT2D eigenvalue weighted by Crippen LogP contribution is 2.11. The van der Waals surface area contributed by atoms with Gasteiger partial charge in [0.2, 0.25) is 5.96 Å². The van der Waals surface area contributed by atoms with Crippen molar-refractivity contribution < 1.29 is 9.62 Å². The second-order valence-corrected chi connectivity index (χ2v) is 2.78. The highest BCUT2D eigenvalue weighted by molar-refractivity contribution is 5.76. The summed E-state index contributed by atoms with van der Waals surface area (Å²) in [6.07, 6.45) is 0.748. The zero-order valence-electron chi connectivity index (χ0n) is 8.24. The second-order valence-electron chi connectivity index (χ2n) is 2.78. The van der Waals surface area contributed by atoms with Gasteiger partial charge in [-0.2, -0.15) is 0 Å². The van der Waals surface area contributed by atoms with Gasteiger partial charge in [0, 0.05) is 6.42 Å². The minimum Gasteiger partial charge on any atom is -0.443 e. The zero-order valence-corrected chi connectivity index (χ0v) is 8.24. The molecule has 0 amide bonds. The summed E-state index contributed by atoms with van der Waals surface area (Å²) in [5.41, 5.74) is 7.78. The number of hydroxylamine groups is 1. The van der Waals surface area contributed by atoms with Crippen LogP contribution in [0.15, 0.2) is 9.41 Å². The number of guanidine groups is 1. The summed E-state index contributed by atoms with van der Waals surface area (Å²) in [5.74, 6) is 1.31. The minimum atomic E-state index is -0.0427. The Hall–Kier alpha value is -1.56. The van der Waals surface area contributed by atoms with Crippen molar-refractivity contribution in [3.05, 3.63) is 17.3 Å². The van der Waals surface area contributed by atoms with Gasteiger partial charge in [-0.05, 0) is 6.92 Å². The van der Waals surface area contributed by atoms with Gasteiger partial charge >= 0.3 is 0 Å². The average molecular weight is 198 g/mol. The lowest BCUT2D eigenvalue weighted by Gasteiger charge is -1.95. The van der Waals surface area contributed by atoms with Gasteiger partial charge in [-0.3, -0.25) is 5.21 Å². The van der Waals surface area contributed by atoms with Gasteiger partial charge < -0.3 is 10.2 Å². The Morgan fingerprint density at radius 2 is 2.43 bits per heavy atom. The molecule has 1 aromatic rings. The predicted molar refractivity (Wildman–Crippen MR) is 50.9 cm³/mol. The van der Waals surface area contributed by atoms with Crippen molar-refractivity contribution in [1.82, 2.24) is 10.5 Å². The van der Waals surface area contributed by atoms with E-state index in [9.17, 15) is 0 Å². The quantitative estimate of drug-likeness (QED) is 0.369. The molecule has 0 aliphatic rings. The first kappa shape index (κ1) is 10.5. The van der Waals surface area contributed by atoms with Crippen molar-refractivity contribution in [2.45, 2.75) is 26.8 Å². The molecule has 0 unspecified atom stereocenters. The number of aliphatic imine (C=N–C) groups is 1. The smallest absolute Gasteiger partial charge is 0.213 e. The molecule has 6 heteroatoms. The lowest BCUT2D eigenvalue weighted by molar-refractivity contribution is 0.232. The van der Waals surface area contributed by atoms with E-state index < -0.39 is 0 Å². The Kier molecular flexibility index (Phi) is 3.47. The van der Waals surface area contributed by atoms with E-state index in [4.69, 9.17) is 15.4 Å². The number of nitrogens with zero attached hydrogens (tertiary/aromatic N) is 2. The van der Waals surface area contributed by atoms with Crippen molar-refractivity contribution in [3.63, 3.8) is 0 Å². The molecule has 0 radical (unpaired) electrons. The van der Waals surface area contributed by atoms with E-state index in [1.807, 2.05) is 13.8 Å². The van der Waals surface area contributed by atoms with E-state index in [0.29, 0.717) is 11.7 Å². The number of hydrogen-bond acceptors (Lipinski definition) is 4. The monoisotopic (exact) mass is 198 g/mol. The first-order valence-electron chi connectivity index (χ1n) is 4.32. The third kappa shape index (κ3) is 2.46. The highest BCUT2D eigenvalue weighted by atomic mass is 16.5. The van der Waals surface area contributed by atoms with Crippen LogP contribution >= 0.6 is 0 Å². The molecule has 4 N–H and O–H groups in total. The fraction of sp³-hybridized carbons (Fsp3) is 0.500. The molecule has 0 aromatic carbocycles. The van der Waals surface area contributed by atoms with E-state index in [1.165, 1.54) is 0 Å². The summed E-state index contributed by atoms with van der Waals surface area (Å²) in [5, 5.41) is 8.38. The Morgan fingerprint density at radius 3 is 2.93 bits per heavy atom. The Balaban J connectivity index is 2.71. The van der Waals surface area contributed by atoms with Crippen LogP contribution in [-0.4, -0.2) is 16.2 Å². The van der Waals surface area contributed by atoms with Crippen molar-refractivity contribution in [3.8, 4) is 0 Å². The molecule has 0 bridgehead atoms. The SMILES string of the molecule is CCc1nc(C)c(CN=C(N)NO)o1. The maximum absolute atomic E-state index is 8.38. The molecule has 0 saturated carbocycles. The number of rotatable bonds is 3. The first-order chi connectivity index (χ1) is 6.67. The van der Waals surface area contributed by atoms with Crippen LogP contribution in [0.2, 0.25) is 0 Å². The number of nitrogens with one attached hydrogen (secondary N) is 1. The highest BCUT2D eigenvalue weighted by Gasteiger charge is 2.07. The van der Waals surface area contributed by atoms with Crippen LogP contribution in [0.25, 0.3) is 0 Å². The van der Waals surface area contributed by atoms with Crippen molar-refractivity contribution in [2.24, 2.45) is 10.7 Å². The molecule has 78 valence electrons. The van der Waals surface area contributed by atoms with Crippen LogP contribution in [0.5, 0.6) is 0 Å². The predicted octanol–water partition coefficient (Wildman–Crippen LogP) is 0.339. The fourth-order valence-electron chi connectivity index (χ4n) is 0.979. The van der Waals surface area contributed by atoms with Crippen LogP contribution in [-0.2, 0) is 13.0 Å². The number of aromatic nitrogens is 1. The van der Waals surface area contributed by atoms with Crippen LogP contribution in [0, 0.1) is 6.92 Å². The van der Waals surface area contributed by atoms with Gasteiger partial charge in [0.1, 0.15) is 12.3 Å². The van der Waals surface area contributed by atoms with Gasteiger partial charge in [0.05, 0.1) is 5.69 Å². The number of oxazole rings is 1. The second kappa shape index (κ2) is 4.61. The lowest BCUT2D eigenvalue weighted by atomic mass is 10.4. The molecule has 1 rings (SSSR count). The fourth-order valence-corrected chi connectivity index (χ4v) is 0.979. The van der Waals surface area contributed by atoms with Crippen LogP contribution in [0.1, 0.15) is 24.3 Å². The van der Waals surface area contributed by atoms with E-state index >= 15 is 0 Å². The normalized spacial score (nSPS) is 11.8.